The van der Waals surface area contributed by atoms with Crippen molar-refractivity contribution < 1.29 is 28.6 Å². The van der Waals surface area contributed by atoms with E-state index in [1.165, 1.54) is 148 Å². The summed E-state index contributed by atoms with van der Waals surface area (Å²) >= 11 is 0. The molecule has 466 valence electrons. The zero-order valence-corrected chi connectivity index (χ0v) is 53.5. The van der Waals surface area contributed by atoms with Crippen LogP contribution in [0, 0.1) is 0 Å². The van der Waals surface area contributed by atoms with Gasteiger partial charge >= 0.3 is 17.9 Å². The molecule has 0 spiro atoms. The molecule has 0 aliphatic rings. The molecule has 0 bridgehead atoms. The smallest absolute Gasteiger partial charge is 0.306 e. The number of hydrogen-bond donors (Lipinski definition) is 0. The second-order valence-corrected chi connectivity index (χ2v) is 22.3. The van der Waals surface area contributed by atoms with Gasteiger partial charge in [0.1, 0.15) is 13.2 Å². The van der Waals surface area contributed by atoms with E-state index in [1.54, 1.807) is 0 Å². The van der Waals surface area contributed by atoms with Gasteiger partial charge in [-0.15, -0.1) is 0 Å². The standard InChI is InChI=1S/C76H126O6/c1-4-7-10-13-16-19-22-25-27-29-31-33-34-35-36-37-38-39-40-41-42-43-45-46-48-51-54-57-60-63-66-69-75(78)81-72-73(71-80-74(77)68-65-62-59-56-53-50-24-21-18-15-12-9-6-3)82-76(79)70-67-64-61-58-55-52-49-47-44-32-30-28-26-23-20-17-14-11-8-5-2/h7,9-10,12,16,18-19,21,25,27,31,33,35-36,38-39,41-42,50,53,59,62,73H,4-6,8,11,13-15,17,20,22-24,26,28-30,32,34,37,40,43-49,51-52,54-58,60-61,63-72H2,1-3H3/b10-7-,12-9-,19-16-,21-18-,27-25-,33-31-,36-35-,39-38-,42-41-,53-50-,62-59-. The first-order valence-electron chi connectivity index (χ1n) is 34.2. The van der Waals surface area contributed by atoms with Crippen LogP contribution in [-0.4, -0.2) is 37.2 Å². The largest absolute Gasteiger partial charge is 0.462 e. The van der Waals surface area contributed by atoms with Crippen molar-refractivity contribution in [3.63, 3.8) is 0 Å². The Hall–Kier alpha value is -4.45. The molecule has 1 atom stereocenters. The van der Waals surface area contributed by atoms with E-state index < -0.39 is 6.10 Å². The predicted molar refractivity (Wildman–Crippen MR) is 357 cm³/mol. The van der Waals surface area contributed by atoms with Crippen molar-refractivity contribution >= 4 is 17.9 Å². The van der Waals surface area contributed by atoms with Gasteiger partial charge in [0.05, 0.1) is 0 Å². The number of ether oxygens (including phenoxy) is 3. The Morgan fingerprint density at radius 3 is 0.817 bits per heavy atom. The van der Waals surface area contributed by atoms with Crippen molar-refractivity contribution in [3.8, 4) is 0 Å². The molecule has 0 aliphatic carbocycles. The molecule has 6 nitrogen and oxygen atoms in total. The first-order chi connectivity index (χ1) is 40.5. The van der Waals surface area contributed by atoms with Gasteiger partial charge in [-0.3, -0.25) is 14.4 Å². The highest BCUT2D eigenvalue weighted by Gasteiger charge is 2.19. The Labute approximate surface area is 506 Å². The lowest BCUT2D eigenvalue weighted by molar-refractivity contribution is -0.166. The summed E-state index contributed by atoms with van der Waals surface area (Å²) in [6, 6.07) is 0. The maximum Gasteiger partial charge on any atom is 0.306 e. The summed E-state index contributed by atoms with van der Waals surface area (Å²) in [6.45, 7) is 6.37. The number of unbranched alkanes of at least 4 members (excludes halogenated alkanes) is 28. The summed E-state index contributed by atoms with van der Waals surface area (Å²) in [4.78, 5) is 38.3. The third-order valence-electron chi connectivity index (χ3n) is 14.4. The highest BCUT2D eigenvalue weighted by molar-refractivity contribution is 5.71. The normalized spacial score (nSPS) is 13.0. The summed E-state index contributed by atoms with van der Waals surface area (Å²) in [7, 11) is 0. The fourth-order valence-corrected chi connectivity index (χ4v) is 9.38. The van der Waals surface area contributed by atoms with Crippen LogP contribution in [0.1, 0.15) is 310 Å². The molecule has 0 aromatic carbocycles. The van der Waals surface area contributed by atoms with Gasteiger partial charge in [0, 0.05) is 19.3 Å². The fourth-order valence-electron chi connectivity index (χ4n) is 9.38. The third kappa shape index (κ3) is 66.4. The van der Waals surface area contributed by atoms with Crippen molar-refractivity contribution in [2.75, 3.05) is 13.2 Å². The fraction of sp³-hybridized carbons (Fsp3) is 0.671. The van der Waals surface area contributed by atoms with Crippen LogP contribution in [0.5, 0.6) is 0 Å². The molecule has 0 radical (unpaired) electrons. The monoisotopic (exact) mass is 1130 g/mol. The van der Waals surface area contributed by atoms with E-state index >= 15 is 0 Å². The van der Waals surface area contributed by atoms with E-state index in [-0.39, 0.29) is 37.5 Å². The Morgan fingerprint density at radius 2 is 0.500 bits per heavy atom. The van der Waals surface area contributed by atoms with Crippen molar-refractivity contribution in [3.05, 3.63) is 134 Å². The second kappa shape index (κ2) is 69.0. The molecule has 0 fully saturated rings. The van der Waals surface area contributed by atoms with Crippen LogP contribution in [0.4, 0.5) is 0 Å². The number of allylic oxidation sites excluding steroid dienone is 22. The van der Waals surface area contributed by atoms with Gasteiger partial charge < -0.3 is 14.2 Å². The molecule has 6 heteroatoms. The zero-order chi connectivity index (χ0) is 59.2. The molecular formula is C76H126O6. The lowest BCUT2D eigenvalue weighted by Gasteiger charge is -2.18. The minimum atomic E-state index is -0.813. The molecule has 0 saturated carbocycles. The van der Waals surface area contributed by atoms with Gasteiger partial charge in [-0.1, -0.05) is 321 Å². The third-order valence-corrected chi connectivity index (χ3v) is 14.4. The minimum absolute atomic E-state index is 0.104. The van der Waals surface area contributed by atoms with Crippen LogP contribution in [0.25, 0.3) is 0 Å². The topological polar surface area (TPSA) is 78.9 Å². The van der Waals surface area contributed by atoms with Crippen molar-refractivity contribution in [1.82, 2.24) is 0 Å². The van der Waals surface area contributed by atoms with E-state index in [0.717, 1.165) is 116 Å². The highest BCUT2D eigenvalue weighted by Crippen LogP contribution is 2.17. The minimum Gasteiger partial charge on any atom is -0.462 e. The number of esters is 3. The van der Waals surface area contributed by atoms with Gasteiger partial charge in [-0.2, -0.15) is 0 Å². The number of carbonyl (C=O) groups excluding carboxylic acids is 3. The van der Waals surface area contributed by atoms with Gasteiger partial charge in [-0.25, -0.2) is 0 Å². The quantitative estimate of drug-likeness (QED) is 0.0261. The lowest BCUT2D eigenvalue weighted by atomic mass is 10.0. The van der Waals surface area contributed by atoms with E-state index in [0.29, 0.717) is 19.3 Å². The highest BCUT2D eigenvalue weighted by atomic mass is 16.6. The first-order valence-corrected chi connectivity index (χ1v) is 34.2. The Morgan fingerprint density at radius 1 is 0.256 bits per heavy atom. The molecule has 0 aromatic rings. The van der Waals surface area contributed by atoms with Crippen LogP contribution in [0.15, 0.2) is 134 Å². The Balaban J connectivity index is 4.32. The molecule has 0 aromatic heterocycles. The Kier molecular flexibility index (Phi) is 65.3. The van der Waals surface area contributed by atoms with E-state index in [9.17, 15) is 14.4 Å². The predicted octanol–water partition coefficient (Wildman–Crippen LogP) is 23.7. The first kappa shape index (κ1) is 77.5. The van der Waals surface area contributed by atoms with Crippen molar-refractivity contribution in [1.29, 1.82) is 0 Å². The second-order valence-electron chi connectivity index (χ2n) is 22.3. The number of rotatable bonds is 61. The molecule has 0 aliphatic heterocycles. The SMILES string of the molecule is CC/C=C\C/C=C\C/C=C\C/C=C\C/C=C\C/C=C\C/C=C\CCCCCCCCCCCC(=O)OCC(COC(=O)CC/C=C\C/C=C\C/C=C\C/C=C\CC)OC(=O)CCCCCCCCCCCCCCCCCCCCCC. The maximum absolute atomic E-state index is 12.9. The molecule has 0 N–H and O–H groups in total. The van der Waals surface area contributed by atoms with Crippen LogP contribution < -0.4 is 0 Å². The van der Waals surface area contributed by atoms with Crippen LogP contribution in [0.3, 0.4) is 0 Å². The van der Waals surface area contributed by atoms with E-state index in [2.05, 4.69) is 148 Å². The molecule has 1 unspecified atom stereocenters. The molecule has 0 heterocycles. The van der Waals surface area contributed by atoms with Crippen LogP contribution in [0.2, 0.25) is 0 Å². The van der Waals surface area contributed by atoms with E-state index in [4.69, 9.17) is 14.2 Å². The number of carbonyl (C=O) groups is 3. The van der Waals surface area contributed by atoms with Crippen LogP contribution >= 0.6 is 0 Å². The van der Waals surface area contributed by atoms with Gasteiger partial charge in [-0.05, 0) is 103 Å². The summed E-state index contributed by atoms with van der Waals surface area (Å²) in [5, 5.41) is 0. The van der Waals surface area contributed by atoms with Gasteiger partial charge in [0.2, 0.25) is 0 Å². The zero-order valence-electron chi connectivity index (χ0n) is 53.5. The Bertz CT molecular complexity index is 1730. The average Bonchev–Trinajstić information content (AvgIpc) is 3.47. The molecule has 82 heavy (non-hydrogen) atoms. The molecular weight excluding hydrogens is 1010 g/mol. The van der Waals surface area contributed by atoms with Gasteiger partial charge in [0.15, 0.2) is 6.10 Å². The van der Waals surface area contributed by atoms with Gasteiger partial charge in [0.25, 0.3) is 0 Å². The molecule has 0 rings (SSSR count). The van der Waals surface area contributed by atoms with Crippen molar-refractivity contribution in [2.24, 2.45) is 0 Å². The maximum atomic E-state index is 12.9. The summed E-state index contributed by atoms with van der Waals surface area (Å²) in [5.41, 5.74) is 0. The summed E-state index contributed by atoms with van der Waals surface area (Å²) in [6.07, 6.45) is 97.8. The average molecular weight is 1140 g/mol. The number of hydrogen-bond acceptors (Lipinski definition) is 6. The van der Waals surface area contributed by atoms with E-state index in [1.807, 2.05) is 6.08 Å². The van der Waals surface area contributed by atoms with Crippen molar-refractivity contribution in [2.45, 2.75) is 316 Å². The van der Waals surface area contributed by atoms with Crippen LogP contribution in [-0.2, 0) is 28.6 Å². The summed E-state index contributed by atoms with van der Waals surface area (Å²) in [5.74, 6) is -0.986. The molecule has 0 saturated heterocycles. The molecule has 0 amide bonds. The lowest BCUT2D eigenvalue weighted by Crippen LogP contribution is -2.30. The summed E-state index contributed by atoms with van der Waals surface area (Å²) < 4.78 is 16.9.